The molecule has 4 heteroatoms. The van der Waals surface area contributed by atoms with Crippen LogP contribution in [0.5, 0.6) is 0 Å². The zero-order chi connectivity index (χ0) is 11.4. The summed E-state index contributed by atoms with van der Waals surface area (Å²) in [5, 5.41) is 7.25. The lowest BCUT2D eigenvalue weighted by Crippen LogP contribution is -2.49. The molecule has 1 heterocycles. The quantitative estimate of drug-likeness (QED) is 0.788. The number of nitrogens with one attached hydrogen (secondary N) is 2. The molecule has 0 aromatic carbocycles. The van der Waals surface area contributed by atoms with Crippen molar-refractivity contribution in [2.75, 3.05) is 12.8 Å². The fraction of sp³-hybridized carbons (Fsp3) is 0.917. The molecule has 2 aliphatic rings. The van der Waals surface area contributed by atoms with Crippen molar-refractivity contribution in [2.45, 2.75) is 55.9 Å². The van der Waals surface area contributed by atoms with Crippen molar-refractivity contribution in [3.05, 3.63) is 0 Å². The molecule has 1 aliphatic carbocycles. The van der Waals surface area contributed by atoms with Gasteiger partial charge in [0.25, 0.3) is 0 Å². The summed E-state index contributed by atoms with van der Waals surface area (Å²) in [6, 6.07) is 0.496. The Morgan fingerprint density at radius 3 is 2.81 bits per heavy atom. The topological polar surface area (TPSA) is 41.1 Å². The van der Waals surface area contributed by atoms with Gasteiger partial charge in [0.1, 0.15) is 0 Å². The van der Waals surface area contributed by atoms with Gasteiger partial charge >= 0.3 is 0 Å². The number of hydrogen-bond acceptors (Lipinski definition) is 3. The van der Waals surface area contributed by atoms with Gasteiger partial charge in [0.05, 0.1) is 6.04 Å². The molecule has 92 valence electrons. The van der Waals surface area contributed by atoms with Gasteiger partial charge in [-0.05, 0) is 44.9 Å². The lowest BCUT2D eigenvalue weighted by atomic mass is 10.0. The number of carbonyl (C=O) groups excluding carboxylic acids is 1. The predicted octanol–water partition coefficient (Wildman–Crippen LogP) is 1.53. The van der Waals surface area contributed by atoms with Gasteiger partial charge in [-0.1, -0.05) is 6.42 Å². The summed E-state index contributed by atoms with van der Waals surface area (Å²) in [4.78, 5) is 12.0. The highest BCUT2D eigenvalue weighted by atomic mass is 32.2. The lowest BCUT2D eigenvalue weighted by Gasteiger charge is -2.24. The molecule has 1 aliphatic heterocycles. The smallest absolute Gasteiger partial charge is 0.237 e. The fourth-order valence-electron chi connectivity index (χ4n) is 2.66. The van der Waals surface area contributed by atoms with Crippen molar-refractivity contribution in [1.82, 2.24) is 10.6 Å². The van der Waals surface area contributed by atoms with Crippen molar-refractivity contribution in [3.63, 3.8) is 0 Å². The molecular weight excluding hydrogens is 220 g/mol. The van der Waals surface area contributed by atoms with Crippen molar-refractivity contribution >= 4 is 17.7 Å². The summed E-state index contributed by atoms with van der Waals surface area (Å²) in [7, 11) is 0. The monoisotopic (exact) mass is 242 g/mol. The molecule has 0 radical (unpaired) electrons. The Bertz CT molecular complexity index is 241. The van der Waals surface area contributed by atoms with Gasteiger partial charge < -0.3 is 10.6 Å². The number of carbonyl (C=O) groups is 1. The predicted molar refractivity (Wildman–Crippen MR) is 68.7 cm³/mol. The first-order valence-corrected chi connectivity index (χ1v) is 7.65. The first-order valence-electron chi connectivity index (χ1n) is 6.36. The molecule has 1 saturated heterocycles. The number of rotatable bonds is 3. The fourth-order valence-corrected chi connectivity index (χ4v) is 3.46. The highest BCUT2D eigenvalue weighted by Gasteiger charge is 2.28. The van der Waals surface area contributed by atoms with Crippen molar-refractivity contribution < 1.29 is 4.79 Å². The average molecular weight is 242 g/mol. The minimum absolute atomic E-state index is 0.0714. The van der Waals surface area contributed by atoms with E-state index in [0.717, 1.165) is 31.1 Å². The number of amides is 1. The Kier molecular flexibility index (Phi) is 4.53. The molecule has 0 aromatic rings. The molecule has 0 aromatic heterocycles. The maximum Gasteiger partial charge on any atom is 0.237 e. The van der Waals surface area contributed by atoms with Crippen LogP contribution in [0.15, 0.2) is 0 Å². The van der Waals surface area contributed by atoms with Gasteiger partial charge in [0.15, 0.2) is 0 Å². The SMILES string of the molecule is CSC1CCC(NC(=O)C2CCCCN2)C1. The maximum absolute atomic E-state index is 12.0. The average Bonchev–Trinajstić information content (AvgIpc) is 2.78. The standard InChI is InChI=1S/C12H22N2OS/c1-16-10-6-5-9(8-10)14-12(15)11-4-2-3-7-13-11/h9-11,13H,2-8H2,1H3,(H,14,15). The van der Waals surface area contributed by atoms with Crippen LogP contribution in [-0.2, 0) is 4.79 Å². The minimum Gasteiger partial charge on any atom is -0.352 e. The van der Waals surface area contributed by atoms with E-state index < -0.39 is 0 Å². The van der Waals surface area contributed by atoms with E-state index in [2.05, 4.69) is 16.9 Å². The van der Waals surface area contributed by atoms with E-state index in [-0.39, 0.29) is 11.9 Å². The zero-order valence-corrected chi connectivity index (χ0v) is 10.8. The van der Waals surface area contributed by atoms with Gasteiger partial charge in [-0.3, -0.25) is 4.79 Å². The normalized spacial score (nSPS) is 34.9. The Hall–Kier alpha value is -0.220. The van der Waals surface area contributed by atoms with E-state index in [1.54, 1.807) is 0 Å². The minimum atomic E-state index is 0.0714. The highest BCUT2D eigenvalue weighted by molar-refractivity contribution is 7.99. The molecule has 0 bridgehead atoms. The molecule has 16 heavy (non-hydrogen) atoms. The Morgan fingerprint density at radius 2 is 2.19 bits per heavy atom. The summed E-state index contributed by atoms with van der Waals surface area (Å²) in [5.74, 6) is 0.228. The van der Waals surface area contributed by atoms with Crippen molar-refractivity contribution in [1.29, 1.82) is 0 Å². The molecule has 1 saturated carbocycles. The van der Waals surface area contributed by atoms with Crippen LogP contribution in [-0.4, -0.2) is 36.0 Å². The number of piperidine rings is 1. The molecule has 2 rings (SSSR count). The second kappa shape index (κ2) is 5.92. The third kappa shape index (κ3) is 3.14. The second-order valence-corrected chi connectivity index (χ2v) is 6.02. The van der Waals surface area contributed by atoms with Crippen LogP contribution in [0.4, 0.5) is 0 Å². The van der Waals surface area contributed by atoms with E-state index in [0.29, 0.717) is 6.04 Å². The number of thioether (sulfide) groups is 1. The van der Waals surface area contributed by atoms with Crippen LogP contribution in [0, 0.1) is 0 Å². The molecular formula is C12H22N2OS. The van der Waals surface area contributed by atoms with Gasteiger partial charge in [0, 0.05) is 11.3 Å². The highest BCUT2D eigenvalue weighted by Crippen LogP contribution is 2.28. The van der Waals surface area contributed by atoms with Crippen LogP contribution in [0.25, 0.3) is 0 Å². The van der Waals surface area contributed by atoms with Gasteiger partial charge in [-0.15, -0.1) is 0 Å². The van der Waals surface area contributed by atoms with E-state index in [9.17, 15) is 4.79 Å². The zero-order valence-electron chi connectivity index (χ0n) is 10.00. The number of hydrogen-bond donors (Lipinski definition) is 2. The van der Waals surface area contributed by atoms with E-state index >= 15 is 0 Å². The van der Waals surface area contributed by atoms with Gasteiger partial charge in [0.2, 0.25) is 5.91 Å². The van der Waals surface area contributed by atoms with E-state index in [4.69, 9.17) is 0 Å². The van der Waals surface area contributed by atoms with E-state index in [1.807, 2.05) is 11.8 Å². The molecule has 2 N–H and O–H groups in total. The molecule has 3 unspecified atom stereocenters. The lowest BCUT2D eigenvalue weighted by molar-refractivity contribution is -0.124. The maximum atomic E-state index is 12.0. The Morgan fingerprint density at radius 1 is 1.31 bits per heavy atom. The van der Waals surface area contributed by atoms with Gasteiger partial charge in [-0.25, -0.2) is 0 Å². The van der Waals surface area contributed by atoms with Crippen molar-refractivity contribution in [2.24, 2.45) is 0 Å². The van der Waals surface area contributed by atoms with Crippen molar-refractivity contribution in [3.8, 4) is 0 Å². The van der Waals surface area contributed by atoms with Crippen LogP contribution in [0.2, 0.25) is 0 Å². The largest absolute Gasteiger partial charge is 0.352 e. The van der Waals surface area contributed by atoms with Crippen LogP contribution < -0.4 is 10.6 Å². The van der Waals surface area contributed by atoms with Crippen LogP contribution in [0.3, 0.4) is 0 Å². The Labute approximate surface area is 102 Å². The van der Waals surface area contributed by atoms with Crippen LogP contribution >= 0.6 is 11.8 Å². The van der Waals surface area contributed by atoms with E-state index in [1.165, 1.54) is 19.3 Å². The molecule has 3 nitrogen and oxygen atoms in total. The van der Waals surface area contributed by atoms with Crippen LogP contribution in [0.1, 0.15) is 38.5 Å². The Balaban J connectivity index is 1.74. The third-order valence-corrected chi connectivity index (χ3v) is 4.79. The summed E-state index contributed by atoms with van der Waals surface area (Å²) >= 11 is 1.93. The molecule has 0 spiro atoms. The summed E-state index contributed by atoms with van der Waals surface area (Å²) < 4.78 is 0. The molecule has 1 amide bonds. The summed E-state index contributed by atoms with van der Waals surface area (Å²) in [5.41, 5.74) is 0. The summed E-state index contributed by atoms with van der Waals surface area (Å²) in [6.45, 7) is 0.996. The first kappa shape index (κ1) is 12.2. The molecule has 3 atom stereocenters. The first-order chi connectivity index (χ1) is 7.79. The summed E-state index contributed by atoms with van der Waals surface area (Å²) in [6.07, 6.45) is 9.13. The second-order valence-electron chi connectivity index (χ2n) is 4.88. The molecule has 2 fully saturated rings. The van der Waals surface area contributed by atoms with Gasteiger partial charge in [-0.2, -0.15) is 11.8 Å². The third-order valence-electron chi connectivity index (χ3n) is 3.69.